The van der Waals surface area contributed by atoms with Crippen molar-refractivity contribution in [1.29, 1.82) is 0 Å². The molecule has 0 aliphatic carbocycles. The summed E-state index contributed by atoms with van der Waals surface area (Å²) in [7, 11) is 0. The summed E-state index contributed by atoms with van der Waals surface area (Å²) in [5, 5.41) is 7.89. The number of halogens is 1. The summed E-state index contributed by atoms with van der Waals surface area (Å²) in [6.45, 7) is 1.84. The van der Waals surface area contributed by atoms with Gasteiger partial charge >= 0.3 is 0 Å². The Morgan fingerprint density at radius 2 is 1.88 bits per heavy atom. The van der Waals surface area contributed by atoms with Gasteiger partial charge in [-0.05, 0) is 42.8 Å². The van der Waals surface area contributed by atoms with Gasteiger partial charge in [0.2, 0.25) is 5.91 Å². The summed E-state index contributed by atoms with van der Waals surface area (Å²) in [6, 6.07) is 10.9. The maximum absolute atomic E-state index is 12.1. The van der Waals surface area contributed by atoms with Gasteiger partial charge in [-0.25, -0.2) is 4.68 Å². The molecule has 0 aliphatic rings. The van der Waals surface area contributed by atoms with Crippen molar-refractivity contribution in [2.75, 3.05) is 5.32 Å². The normalized spacial score (nSPS) is 10.9. The van der Waals surface area contributed by atoms with E-state index in [-0.39, 0.29) is 5.91 Å². The van der Waals surface area contributed by atoms with E-state index in [9.17, 15) is 4.79 Å². The first-order chi connectivity index (χ1) is 11.6. The molecule has 0 saturated heterocycles. The number of rotatable bonds is 4. The maximum Gasteiger partial charge on any atom is 0.248 e. The van der Waals surface area contributed by atoms with E-state index < -0.39 is 0 Å². The van der Waals surface area contributed by atoms with Crippen LogP contribution in [0.15, 0.2) is 61.1 Å². The van der Waals surface area contributed by atoms with E-state index in [2.05, 4.69) is 15.4 Å². The van der Waals surface area contributed by atoms with Gasteiger partial charge in [-0.15, -0.1) is 0 Å². The molecule has 24 heavy (non-hydrogen) atoms. The molecule has 2 heterocycles. The van der Waals surface area contributed by atoms with E-state index in [1.165, 1.54) is 6.08 Å². The molecular formula is C18H15ClN4O. The third-order valence-electron chi connectivity index (χ3n) is 3.38. The molecule has 1 N–H and O–H groups in total. The second-order valence-corrected chi connectivity index (χ2v) is 5.59. The second-order valence-electron chi connectivity index (χ2n) is 5.15. The lowest BCUT2D eigenvalue weighted by molar-refractivity contribution is -0.111. The van der Waals surface area contributed by atoms with Crippen LogP contribution in [0.1, 0.15) is 11.3 Å². The fourth-order valence-electron chi connectivity index (χ4n) is 2.13. The van der Waals surface area contributed by atoms with Crippen LogP contribution in [0, 0.1) is 6.92 Å². The second kappa shape index (κ2) is 7.10. The van der Waals surface area contributed by atoms with Gasteiger partial charge in [0.15, 0.2) is 0 Å². The molecule has 3 rings (SSSR count). The van der Waals surface area contributed by atoms with E-state index in [1.807, 2.05) is 31.2 Å². The van der Waals surface area contributed by atoms with Gasteiger partial charge in [-0.2, -0.15) is 5.10 Å². The van der Waals surface area contributed by atoms with Gasteiger partial charge in [0, 0.05) is 23.5 Å². The summed E-state index contributed by atoms with van der Waals surface area (Å²) in [6.07, 6.45) is 8.37. The van der Waals surface area contributed by atoms with Crippen molar-refractivity contribution < 1.29 is 4.79 Å². The van der Waals surface area contributed by atoms with Crippen molar-refractivity contribution in [2.45, 2.75) is 6.92 Å². The molecule has 0 fully saturated rings. The average molecular weight is 339 g/mol. The van der Waals surface area contributed by atoms with Gasteiger partial charge in [0.25, 0.3) is 0 Å². The molecule has 3 aromatic rings. The number of nitrogens with one attached hydrogen (secondary N) is 1. The Labute approximate surface area is 144 Å². The number of carbonyl (C=O) groups excluding carboxylic acids is 1. The summed E-state index contributed by atoms with van der Waals surface area (Å²) >= 11 is 5.84. The number of aryl methyl sites for hydroxylation is 1. The maximum atomic E-state index is 12.1. The number of nitrogens with zero attached hydrogens (tertiary/aromatic N) is 3. The van der Waals surface area contributed by atoms with Crippen LogP contribution in [-0.4, -0.2) is 20.7 Å². The molecule has 0 bridgehead atoms. The number of amides is 1. The lowest BCUT2D eigenvalue weighted by Gasteiger charge is -2.00. The minimum Gasteiger partial charge on any atom is -0.320 e. The number of aromatic nitrogens is 3. The van der Waals surface area contributed by atoms with Gasteiger partial charge < -0.3 is 5.32 Å². The fraction of sp³-hybridized carbons (Fsp3) is 0.0556. The molecule has 0 radical (unpaired) electrons. The van der Waals surface area contributed by atoms with Gasteiger partial charge in [-0.3, -0.25) is 9.78 Å². The Bertz CT molecular complexity index is 870. The van der Waals surface area contributed by atoms with Crippen LogP contribution < -0.4 is 5.32 Å². The van der Waals surface area contributed by atoms with Crippen LogP contribution in [0.4, 0.5) is 5.69 Å². The molecule has 1 aromatic carbocycles. The van der Waals surface area contributed by atoms with Gasteiger partial charge in [-0.1, -0.05) is 23.7 Å². The number of carbonyl (C=O) groups is 1. The minimum absolute atomic E-state index is 0.220. The lowest BCUT2D eigenvalue weighted by atomic mass is 10.2. The molecule has 0 unspecified atom stereocenters. The summed E-state index contributed by atoms with van der Waals surface area (Å²) in [4.78, 5) is 16.1. The predicted octanol–water partition coefficient (Wildman–Crippen LogP) is 3.88. The Hall–Kier alpha value is -2.92. The Kier molecular flexibility index (Phi) is 4.72. The predicted molar refractivity (Wildman–Crippen MR) is 95.2 cm³/mol. The largest absolute Gasteiger partial charge is 0.320 e. The van der Waals surface area contributed by atoms with E-state index in [0.29, 0.717) is 10.7 Å². The zero-order valence-electron chi connectivity index (χ0n) is 13.0. The number of anilines is 1. The number of pyridine rings is 1. The van der Waals surface area contributed by atoms with Crippen molar-refractivity contribution in [3.8, 4) is 5.69 Å². The van der Waals surface area contributed by atoms with Crippen LogP contribution in [-0.2, 0) is 4.79 Å². The third kappa shape index (κ3) is 3.88. The molecule has 2 aromatic heterocycles. The smallest absolute Gasteiger partial charge is 0.248 e. The molecule has 0 saturated carbocycles. The van der Waals surface area contributed by atoms with Crippen molar-refractivity contribution in [3.63, 3.8) is 0 Å². The molecule has 1 amide bonds. The van der Waals surface area contributed by atoms with Crippen LogP contribution in [0.5, 0.6) is 0 Å². The average Bonchev–Trinajstić information content (AvgIpc) is 2.96. The van der Waals surface area contributed by atoms with Crippen molar-refractivity contribution >= 4 is 29.3 Å². The Morgan fingerprint density at radius 1 is 1.17 bits per heavy atom. The SMILES string of the molecule is Cc1nn(-c2ccncc2)cc1NC(=O)/C=C/c1ccc(Cl)cc1. The van der Waals surface area contributed by atoms with E-state index in [0.717, 1.165) is 16.9 Å². The molecule has 0 aliphatic heterocycles. The fourth-order valence-corrected chi connectivity index (χ4v) is 2.26. The van der Waals surface area contributed by atoms with Gasteiger partial charge in [0.05, 0.1) is 23.3 Å². The van der Waals surface area contributed by atoms with Crippen molar-refractivity contribution in [2.24, 2.45) is 0 Å². The summed E-state index contributed by atoms with van der Waals surface area (Å²) in [5.74, 6) is -0.220. The van der Waals surface area contributed by atoms with Crippen molar-refractivity contribution in [1.82, 2.24) is 14.8 Å². The van der Waals surface area contributed by atoms with E-state index in [1.54, 1.807) is 41.5 Å². The minimum atomic E-state index is -0.220. The highest BCUT2D eigenvalue weighted by molar-refractivity contribution is 6.30. The first-order valence-corrected chi connectivity index (χ1v) is 7.71. The lowest BCUT2D eigenvalue weighted by Crippen LogP contribution is -2.07. The Morgan fingerprint density at radius 3 is 2.58 bits per heavy atom. The monoisotopic (exact) mass is 338 g/mol. The summed E-state index contributed by atoms with van der Waals surface area (Å²) < 4.78 is 1.70. The first kappa shape index (κ1) is 16.0. The highest BCUT2D eigenvalue weighted by Crippen LogP contribution is 2.16. The number of benzene rings is 1. The Balaban J connectivity index is 1.70. The first-order valence-electron chi connectivity index (χ1n) is 7.33. The topological polar surface area (TPSA) is 59.8 Å². The molecule has 0 atom stereocenters. The molecule has 120 valence electrons. The molecule has 6 heteroatoms. The van der Waals surface area contributed by atoms with Crippen LogP contribution in [0.3, 0.4) is 0 Å². The number of hydrogen-bond donors (Lipinski definition) is 1. The van der Waals surface area contributed by atoms with E-state index in [4.69, 9.17) is 11.6 Å². The molecule has 5 nitrogen and oxygen atoms in total. The molecular weight excluding hydrogens is 324 g/mol. The van der Waals surface area contributed by atoms with Crippen LogP contribution in [0.25, 0.3) is 11.8 Å². The zero-order valence-corrected chi connectivity index (χ0v) is 13.7. The van der Waals surface area contributed by atoms with Gasteiger partial charge in [0.1, 0.15) is 0 Å². The standard InChI is InChI=1S/C18H15ClN4O/c1-13-17(12-23(22-13)16-8-10-20-11-9-16)21-18(24)7-4-14-2-5-15(19)6-3-14/h2-12H,1H3,(H,21,24)/b7-4+. The third-order valence-corrected chi connectivity index (χ3v) is 3.63. The van der Waals surface area contributed by atoms with Crippen LogP contribution in [0.2, 0.25) is 5.02 Å². The molecule has 0 spiro atoms. The van der Waals surface area contributed by atoms with E-state index >= 15 is 0 Å². The van der Waals surface area contributed by atoms with Crippen molar-refractivity contribution in [3.05, 3.63) is 77.3 Å². The zero-order chi connectivity index (χ0) is 16.9. The number of hydrogen-bond acceptors (Lipinski definition) is 3. The summed E-state index contributed by atoms with van der Waals surface area (Å²) in [5.41, 5.74) is 3.18. The highest BCUT2D eigenvalue weighted by Gasteiger charge is 2.08. The quantitative estimate of drug-likeness (QED) is 0.734. The highest BCUT2D eigenvalue weighted by atomic mass is 35.5. The van der Waals surface area contributed by atoms with Crippen LogP contribution >= 0.6 is 11.6 Å².